The van der Waals surface area contributed by atoms with Gasteiger partial charge in [0.15, 0.2) is 0 Å². The molecule has 0 atom stereocenters. The summed E-state index contributed by atoms with van der Waals surface area (Å²) in [5.41, 5.74) is 1.84. The molecule has 0 unspecified atom stereocenters. The molecule has 1 aromatic carbocycles. The van der Waals surface area contributed by atoms with E-state index in [1.807, 2.05) is 0 Å². The summed E-state index contributed by atoms with van der Waals surface area (Å²) in [7, 11) is 0. The predicted molar refractivity (Wildman–Crippen MR) is 61.5 cm³/mol. The molecule has 0 saturated carbocycles. The Hall–Kier alpha value is -2.08. The molecule has 0 radical (unpaired) electrons. The van der Waals surface area contributed by atoms with Crippen molar-refractivity contribution in [2.24, 2.45) is 0 Å². The number of phenolic OH excluding ortho intramolecular Hbond substituents is 1. The number of hydrogen-bond donors (Lipinski definition) is 2. The average molecular weight is 251 g/mol. The van der Waals surface area contributed by atoms with Crippen molar-refractivity contribution in [3.63, 3.8) is 0 Å². The average Bonchev–Trinajstić information content (AvgIpc) is 2.74. The molecule has 0 aliphatic carbocycles. The predicted octanol–water partition coefficient (Wildman–Crippen LogP) is 2.13. The molecule has 5 nitrogen and oxygen atoms in total. The Balaban J connectivity index is 2.07. The van der Waals surface area contributed by atoms with Crippen LogP contribution in [0.25, 0.3) is 0 Å². The number of carboxylic acid groups (broad SMARTS) is 1. The van der Waals surface area contributed by atoms with Gasteiger partial charge in [-0.1, -0.05) is 6.07 Å². The fourth-order valence-corrected chi connectivity index (χ4v) is 1.90. The number of thiazole rings is 1. The molecule has 0 spiro atoms. The van der Waals surface area contributed by atoms with Crippen molar-refractivity contribution in [3.05, 3.63) is 40.3 Å². The Kier molecular flexibility index (Phi) is 3.24. The molecule has 1 heterocycles. The van der Waals surface area contributed by atoms with Gasteiger partial charge >= 0.3 is 5.97 Å². The van der Waals surface area contributed by atoms with Gasteiger partial charge in [0.1, 0.15) is 28.7 Å². The molecule has 0 aliphatic rings. The number of aromatic nitrogens is 1. The van der Waals surface area contributed by atoms with Crippen LogP contribution in [0.15, 0.2) is 29.8 Å². The highest BCUT2D eigenvalue weighted by atomic mass is 32.1. The second-order valence-corrected chi connectivity index (χ2v) is 4.07. The summed E-state index contributed by atoms with van der Waals surface area (Å²) in [5.74, 6) is -0.449. The lowest BCUT2D eigenvalue weighted by Gasteiger charge is -2.05. The number of benzene rings is 1. The summed E-state index contributed by atoms with van der Waals surface area (Å²) in [5, 5.41) is 18.1. The van der Waals surface area contributed by atoms with Gasteiger partial charge in [0.25, 0.3) is 0 Å². The van der Waals surface area contributed by atoms with E-state index in [0.717, 1.165) is 11.3 Å². The van der Waals surface area contributed by atoms with Crippen LogP contribution in [0.5, 0.6) is 11.5 Å². The molecule has 0 amide bonds. The number of hydrogen-bond acceptors (Lipinski definition) is 5. The van der Waals surface area contributed by atoms with Crippen LogP contribution in [0.1, 0.15) is 15.4 Å². The first kappa shape index (κ1) is 11.4. The first-order valence-electron chi connectivity index (χ1n) is 4.74. The van der Waals surface area contributed by atoms with Crippen LogP contribution >= 0.6 is 11.3 Å². The number of aromatic hydroxyl groups is 1. The summed E-state index contributed by atoms with van der Waals surface area (Å²) < 4.78 is 5.34. The van der Waals surface area contributed by atoms with E-state index in [-0.39, 0.29) is 17.2 Å². The van der Waals surface area contributed by atoms with Crippen LogP contribution in [-0.4, -0.2) is 21.2 Å². The molecule has 6 heteroatoms. The minimum absolute atomic E-state index is 0.0641. The van der Waals surface area contributed by atoms with Crippen LogP contribution < -0.4 is 4.74 Å². The molecular weight excluding hydrogens is 242 g/mol. The van der Waals surface area contributed by atoms with Crippen LogP contribution in [0.3, 0.4) is 0 Å². The summed E-state index contributed by atoms with van der Waals surface area (Å²) in [4.78, 5) is 14.9. The molecule has 88 valence electrons. The highest BCUT2D eigenvalue weighted by molar-refractivity contribution is 7.11. The molecule has 0 fully saturated rings. The molecule has 2 rings (SSSR count). The highest BCUT2D eigenvalue weighted by Crippen LogP contribution is 2.20. The molecule has 2 N–H and O–H groups in total. The highest BCUT2D eigenvalue weighted by Gasteiger charge is 2.13. The monoisotopic (exact) mass is 251 g/mol. The first-order valence-corrected chi connectivity index (χ1v) is 5.62. The van der Waals surface area contributed by atoms with Gasteiger partial charge < -0.3 is 14.9 Å². The zero-order valence-electron chi connectivity index (χ0n) is 8.66. The van der Waals surface area contributed by atoms with Crippen molar-refractivity contribution in [1.29, 1.82) is 0 Å². The third kappa shape index (κ3) is 2.73. The van der Waals surface area contributed by atoms with Gasteiger partial charge in [0.2, 0.25) is 0 Å². The van der Waals surface area contributed by atoms with Crippen LogP contribution in [0.4, 0.5) is 0 Å². The zero-order chi connectivity index (χ0) is 12.3. The fourth-order valence-electron chi connectivity index (χ4n) is 1.27. The molecule has 0 aliphatic heterocycles. The second-order valence-electron chi connectivity index (χ2n) is 3.22. The van der Waals surface area contributed by atoms with Gasteiger partial charge in [-0.3, -0.25) is 0 Å². The van der Waals surface area contributed by atoms with Gasteiger partial charge in [0.05, 0.1) is 5.51 Å². The lowest BCUT2D eigenvalue weighted by Crippen LogP contribution is -2.03. The normalized spacial score (nSPS) is 10.1. The van der Waals surface area contributed by atoms with E-state index in [1.54, 1.807) is 12.1 Å². The summed E-state index contributed by atoms with van der Waals surface area (Å²) in [6.45, 7) is 0.0641. The number of aromatic carboxylic acids is 1. The number of phenols is 1. The number of nitrogens with zero attached hydrogens (tertiary/aromatic N) is 1. The molecule has 0 bridgehead atoms. The van der Waals surface area contributed by atoms with E-state index >= 15 is 0 Å². The molecule has 1 aromatic heterocycles. The Morgan fingerprint density at radius 1 is 1.47 bits per heavy atom. The van der Waals surface area contributed by atoms with E-state index in [4.69, 9.17) is 9.84 Å². The smallest absolute Gasteiger partial charge is 0.347 e. The maximum atomic E-state index is 10.8. The quantitative estimate of drug-likeness (QED) is 0.870. The van der Waals surface area contributed by atoms with Crippen molar-refractivity contribution in [1.82, 2.24) is 4.98 Å². The van der Waals surface area contributed by atoms with Gasteiger partial charge in [0, 0.05) is 6.07 Å². The minimum Gasteiger partial charge on any atom is -0.508 e. The zero-order valence-corrected chi connectivity index (χ0v) is 9.48. The SMILES string of the molecule is O=C(O)c1scnc1COc1cccc(O)c1. The second kappa shape index (κ2) is 4.84. The lowest BCUT2D eigenvalue weighted by molar-refractivity contribution is 0.0699. The fraction of sp³-hybridized carbons (Fsp3) is 0.0909. The van der Waals surface area contributed by atoms with Gasteiger partial charge in [-0.15, -0.1) is 11.3 Å². The maximum Gasteiger partial charge on any atom is 0.347 e. The third-order valence-electron chi connectivity index (χ3n) is 2.03. The minimum atomic E-state index is -1.01. The summed E-state index contributed by atoms with van der Waals surface area (Å²) >= 11 is 1.06. The third-order valence-corrected chi connectivity index (χ3v) is 2.89. The first-order chi connectivity index (χ1) is 8.16. The van der Waals surface area contributed by atoms with E-state index < -0.39 is 5.97 Å². The van der Waals surface area contributed by atoms with Gasteiger partial charge in [-0.05, 0) is 12.1 Å². The number of carbonyl (C=O) groups is 1. The Morgan fingerprint density at radius 3 is 3.00 bits per heavy atom. The maximum absolute atomic E-state index is 10.8. The Bertz CT molecular complexity index is 538. The van der Waals surface area contributed by atoms with Crippen LogP contribution in [-0.2, 0) is 6.61 Å². The van der Waals surface area contributed by atoms with Crippen LogP contribution in [0, 0.1) is 0 Å². The van der Waals surface area contributed by atoms with Crippen LogP contribution in [0.2, 0.25) is 0 Å². The lowest BCUT2D eigenvalue weighted by atomic mass is 10.3. The molecule has 0 saturated heterocycles. The van der Waals surface area contributed by atoms with Crippen molar-refractivity contribution in [2.75, 3.05) is 0 Å². The van der Waals surface area contributed by atoms with Crippen molar-refractivity contribution < 1.29 is 19.7 Å². The Morgan fingerprint density at radius 2 is 2.29 bits per heavy atom. The molecule has 2 aromatic rings. The van der Waals surface area contributed by atoms with Crippen molar-refractivity contribution in [3.8, 4) is 11.5 Å². The van der Waals surface area contributed by atoms with E-state index in [1.165, 1.54) is 17.6 Å². The largest absolute Gasteiger partial charge is 0.508 e. The standard InChI is InChI=1S/C11H9NO4S/c13-7-2-1-3-8(4-7)16-5-9-10(11(14)15)17-6-12-9/h1-4,6,13H,5H2,(H,14,15). The molecule has 17 heavy (non-hydrogen) atoms. The topological polar surface area (TPSA) is 79.7 Å². The summed E-state index contributed by atoms with van der Waals surface area (Å²) in [6.07, 6.45) is 0. The van der Waals surface area contributed by atoms with E-state index in [0.29, 0.717) is 11.4 Å². The van der Waals surface area contributed by atoms with E-state index in [9.17, 15) is 9.90 Å². The Labute approximate surface area is 101 Å². The van der Waals surface area contributed by atoms with Crippen molar-refractivity contribution in [2.45, 2.75) is 6.61 Å². The number of ether oxygens (including phenoxy) is 1. The van der Waals surface area contributed by atoms with Gasteiger partial charge in [-0.25, -0.2) is 9.78 Å². The number of rotatable bonds is 4. The number of carboxylic acids is 1. The van der Waals surface area contributed by atoms with Gasteiger partial charge in [-0.2, -0.15) is 0 Å². The van der Waals surface area contributed by atoms with E-state index in [2.05, 4.69) is 4.98 Å². The molecular formula is C11H9NO4S. The van der Waals surface area contributed by atoms with Crippen molar-refractivity contribution >= 4 is 17.3 Å². The summed E-state index contributed by atoms with van der Waals surface area (Å²) in [6, 6.07) is 6.29.